The molecule has 0 saturated carbocycles. The molecule has 4 heteroatoms. The van der Waals surface area contributed by atoms with Crippen molar-refractivity contribution >= 4 is 23.5 Å². The van der Waals surface area contributed by atoms with E-state index in [4.69, 9.17) is 4.42 Å². The molecular weight excluding hydrogens is 196 g/mol. The molecule has 2 aromatic rings. The van der Waals surface area contributed by atoms with Gasteiger partial charge in [-0.05, 0) is 18.2 Å². The second kappa shape index (κ2) is 3.49. The molecule has 1 aromatic carbocycles. The van der Waals surface area contributed by atoms with Crippen molar-refractivity contribution in [2.45, 2.75) is 0 Å². The van der Waals surface area contributed by atoms with Gasteiger partial charge in [-0.1, -0.05) is 0 Å². The Balaban J connectivity index is 2.92. The third-order valence-corrected chi connectivity index (χ3v) is 2.03. The number of carbonyl (C=O) groups excluding carboxylic acids is 2. The summed E-state index contributed by atoms with van der Waals surface area (Å²) < 4.78 is 4.88. The van der Waals surface area contributed by atoms with Gasteiger partial charge in [-0.2, -0.15) is 0 Å². The molecule has 0 radical (unpaired) electrons. The molecule has 1 aromatic heterocycles. The van der Waals surface area contributed by atoms with E-state index in [1.165, 1.54) is 18.2 Å². The Morgan fingerprint density at radius 2 is 1.87 bits per heavy atom. The number of hydrogen-bond donors (Lipinski definition) is 0. The average molecular weight is 202 g/mol. The standard InChI is InChI=1S/C11H6O4/c12-5-7-3-8-1-2-10(14)15-11(8)9(4-7)6-13/h1-6H. The van der Waals surface area contributed by atoms with E-state index in [0.717, 1.165) is 0 Å². The zero-order valence-electron chi connectivity index (χ0n) is 7.60. The predicted molar refractivity (Wildman–Crippen MR) is 53.3 cm³/mol. The van der Waals surface area contributed by atoms with Gasteiger partial charge in [0.05, 0.1) is 5.56 Å². The zero-order valence-corrected chi connectivity index (χ0v) is 7.60. The molecule has 0 aliphatic heterocycles. The first-order valence-electron chi connectivity index (χ1n) is 4.23. The number of hydrogen-bond acceptors (Lipinski definition) is 4. The van der Waals surface area contributed by atoms with Crippen molar-refractivity contribution in [1.82, 2.24) is 0 Å². The minimum atomic E-state index is -0.524. The van der Waals surface area contributed by atoms with Gasteiger partial charge in [-0.3, -0.25) is 9.59 Å². The van der Waals surface area contributed by atoms with Crippen LogP contribution in [0.5, 0.6) is 0 Å². The molecule has 0 fully saturated rings. The van der Waals surface area contributed by atoms with Crippen molar-refractivity contribution in [3.8, 4) is 0 Å². The van der Waals surface area contributed by atoms with E-state index < -0.39 is 5.63 Å². The summed E-state index contributed by atoms with van der Waals surface area (Å²) in [6.07, 6.45) is 1.19. The fourth-order valence-electron chi connectivity index (χ4n) is 1.39. The highest BCUT2D eigenvalue weighted by atomic mass is 16.4. The molecule has 0 N–H and O–H groups in total. The quantitative estimate of drug-likeness (QED) is 0.545. The summed E-state index contributed by atoms with van der Waals surface area (Å²) in [5.74, 6) is 0. The Labute approximate surface area is 84.1 Å². The molecule has 4 nitrogen and oxygen atoms in total. The molecule has 0 aliphatic carbocycles. The molecule has 0 saturated heterocycles. The summed E-state index contributed by atoms with van der Waals surface area (Å²) in [6, 6.07) is 5.69. The van der Waals surface area contributed by atoms with E-state index in [-0.39, 0.29) is 11.1 Å². The third kappa shape index (κ3) is 1.57. The molecule has 0 bridgehead atoms. The summed E-state index contributed by atoms with van der Waals surface area (Å²) in [5.41, 5.74) is 0.262. The Morgan fingerprint density at radius 3 is 2.53 bits per heavy atom. The van der Waals surface area contributed by atoms with Gasteiger partial charge in [0.15, 0.2) is 6.29 Å². The fourth-order valence-corrected chi connectivity index (χ4v) is 1.39. The van der Waals surface area contributed by atoms with Crippen LogP contribution in [0.25, 0.3) is 11.0 Å². The number of benzene rings is 1. The molecule has 0 aliphatic rings. The lowest BCUT2D eigenvalue weighted by atomic mass is 10.1. The minimum Gasteiger partial charge on any atom is -0.422 e. The van der Waals surface area contributed by atoms with Crippen molar-refractivity contribution in [3.05, 3.63) is 45.8 Å². The van der Waals surface area contributed by atoms with Crippen LogP contribution < -0.4 is 5.63 Å². The fraction of sp³-hybridized carbons (Fsp3) is 0. The Morgan fingerprint density at radius 1 is 1.07 bits per heavy atom. The third-order valence-electron chi connectivity index (χ3n) is 2.03. The lowest BCUT2D eigenvalue weighted by Gasteiger charge is -1.99. The Hall–Kier alpha value is -2.23. The predicted octanol–water partition coefficient (Wildman–Crippen LogP) is 1.42. The molecule has 0 atom stereocenters. The highest BCUT2D eigenvalue weighted by Crippen LogP contribution is 2.17. The second-order valence-electron chi connectivity index (χ2n) is 3.02. The van der Waals surface area contributed by atoms with Gasteiger partial charge in [0.1, 0.15) is 11.9 Å². The van der Waals surface area contributed by atoms with Crippen molar-refractivity contribution in [3.63, 3.8) is 0 Å². The van der Waals surface area contributed by atoms with Crippen LogP contribution in [0, 0.1) is 0 Å². The van der Waals surface area contributed by atoms with Crippen molar-refractivity contribution < 1.29 is 14.0 Å². The van der Waals surface area contributed by atoms with E-state index >= 15 is 0 Å². The van der Waals surface area contributed by atoms with Crippen LogP contribution in [-0.4, -0.2) is 12.6 Å². The summed E-state index contributed by atoms with van der Waals surface area (Å²) in [4.78, 5) is 32.3. The van der Waals surface area contributed by atoms with Crippen LogP contribution in [0.4, 0.5) is 0 Å². The maximum absolute atomic E-state index is 11.0. The summed E-state index contributed by atoms with van der Waals surface area (Å²) in [7, 11) is 0. The maximum Gasteiger partial charge on any atom is 0.336 e. The van der Waals surface area contributed by atoms with Gasteiger partial charge in [0.2, 0.25) is 0 Å². The number of carbonyl (C=O) groups is 2. The molecule has 0 unspecified atom stereocenters. The lowest BCUT2D eigenvalue weighted by molar-refractivity contribution is 0.112. The van der Waals surface area contributed by atoms with Crippen LogP contribution in [0.15, 0.2) is 33.5 Å². The smallest absolute Gasteiger partial charge is 0.336 e. The van der Waals surface area contributed by atoms with E-state index in [2.05, 4.69) is 0 Å². The number of aldehydes is 2. The normalized spacial score (nSPS) is 10.1. The van der Waals surface area contributed by atoms with Crippen molar-refractivity contribution in [2.24, 2.45) is 0 Å². The van der Waals surface area contributed by atoms with Crippen molar-refractivity contribution in [2.75, 3.05) is 0 Å². The molecule has 0 amide bonds. The van der Waals surface area contributed by atoms with Crippen LogP contribution in [0.1, 0.15) is 20.7 Å². The van der Waals surface area contributed by atoms with E-state index in [1.54, 1.807) is 6.07 Å². The van der Waals surface area contributed by atoms with E-state index in [0.29, 0.717) is 23.5 Å². The van der Waals surface area contributed by atoms with Gasteiger partial charge in [0.25, 0.3) is 0 Å². The lowest BCUT2D eigenvalue weighted by Crippen LogP contribution is -1.97. The second-order valence-corrected chi connectivity index (χ2v) is 3.02. The largest absolute Gasteiger partial charge is 0.422 e. The first-order chi connectivity index (χ1) is 7.24. The highest BCUT2D eigenvalue weighted by Gasteiger charge is 2.05. The monoisotopic (exact) mass is 202 g/mol. The van der Waals surface area contributed by atoms with Crippen LogP contribution >= 0.6 is 0 Å². The molecule has 15 heavy (non-hydrogen) atoms. The number of fused-ring (bicyclic) bond motifs is 1. The minimum absolute atomic E-state index is 0.201. The maximum atomic E-state index is 11.0. The first-order valence-corrected chi connectivity index (χ1v) is 4.23. The van der Waals surface area contributed by atoms with Gasteiger partial charge in [-0.25, -0.2) is 4.79 Å². The van der Waals surface area contributed by atoms with Gasteiger partial charge < -0.3 is 4.42 Å². The molecule has 1 heterocycles. The molecule has 0 spiro atoms. The van der Waals surface area contributed by atoms with Crippen LogP contribution in [0.3, 0.4) is 0 Å². The Bertz CT molecular complexity index is 595. The van der Waals surface area contributed by atoms with E-state index in [9.17, 15) is 14.4 Å². The molecular formula is C11H6O4. The highest BCUT2D eigenvalue weighted by molar-refractivity contribution is 5.97. The van der Waals surface area contributed by atoms with E-state index in [1.807, 2.05) is 0 Å². The van der Waals surface area contributed by atoms with Crippen molar-refractivity contribution in [1.29, 1.82) is 0 Å². The van der Waals surface area contributed by atoms with Gasteiger partial charge in [0, 0.05) is 17.0 Å². The average Bonchev–Trinajstić information content (AvgIpc) is 2.27. The molecule has 74 valence electrons. The van der Waals surface area contributed by atoms with Gasteiger partial charge >= 0.3 is 5.63 Å². The van der Waals surface area contributed by atoms with Crippen LogP contribution in [-0.2, 0) is 0 Å². The number of rotatable bonds is 2. The SMILES string of the molecule is O=Cc1cc(C=O)c2oc(=O)ccc2c1. The summed E-state index contributed by atoms with van der Waals surface area (Å²) in [6.45, 7) is 0. The summed E-state index contributed by atoms with van der Waals surface area (Å²) >= 11 is 0. The van der Waals surface area contributed by atoms with Crippen LogP contribution in [0.2, 0.25) is 0 Å². The first kappa shape index (κ1) is 9.33. The summed E-state index contributed by atoms with van der Waals surface area (Å²) in [5, 5.41) is 0.557. The van der Waals surface area contributed by atoms with Gasteiger partial charge in [-0.15, -0.1) is 0 Å². The zero-order chi connectivity index (χ0) is 10.8. The topological polar surface area (TPSA) is 64.3 Å². The molecule has 2 rings (SSSR count). The Kier molecular flexibility index (Phi) is 2.17.